The summed E-state index contributed by atoms with van der Waals surface area (Å²) in [6.07, 6.45) is 12.3. The van der Waals surface area contributed by atoms with Gasteiger partial charge in [0.2, 0.25) is 5.91 Å². The lowest BCUT2D eigenvalue weighted by Gasteiger charge is -2.32. The van der Waals surface area contributed by atoms with Gasteiger partial charge in [0.05, 0.1) is 0 Å². The molecule has 2 aromatic rings. The highest BCUT2D eigenvalue weighted by atomic mass is 35.5. The third kappa shape index (κ3) is 9.41. The number of phenolic OH excluding ortho intramolecular Hbond substituents is 1. The van der Waals surface area contributed by atoms with Crippen LogP contribution in [0.3, 0.4) is 0 Å². The van der Waals surface area contributed by atoms with Gasteiger partial charge in [0.15, 0.2) is 12.4 Å². The van der Waals surface area contributed by atoms with Crippen LogP contribution >= 0.6 is 11.6 Å². The number of fused-ring (bicyclic) bond motifs is 1. The maximum atomic E-state index is 13.3. The fraction of sp³-hybridized carbons (Fsp3) is 0.562. The molecule has 0 radical (unpaired) electrons. The number of hydrogen-bond acceptors (Lipinski definition) is 5. The van der Waals surface area contributed by atoms with Crippen molar-refractivity contribution in [3.63, 3.8) is 0 Å². The molecule has 2 aliphatic rings. The Bertz CT molecular complexity index is 1080. The maximum Gasteiger partial charge on any atom is 0.262 e. The van der Waals surface area contributed by atoms with Crippen molar-refractivity contribution in [1.82, 2.24) is 10.2 Å². The first kappa shape index (κ1) is 31.8. The van der Waals surface area contributed by atoms with Crippen LogP contribution in [0.15, 0.2) is 36.4 Å². The van der Waals surface area contributed by atoms with E-state index in [1.54, 1.807) is 6.07 Å². The van der Waals surface area contributed by atoms with E-state index >= 15 is 0 Å². The molecule has 0 spiro atoms. The van der Waals surface area contributed by atoms with Gasteiger partial charge in [-0.15, -0.1) is 0 Å². The van der Waals surface area contributed by atoms with E-state index in [0.717, 1.165) is 68.6 Å². The zero-order chi connectivity index (χ0) is 27.5. The Morgan fingerprint density at radius 1 is 1.00 bits per heavy atom. The molecule has 0 unspecified atom stereocenters. The van der Waals surface area contributed by atoms with Crippen molar-refractivity contribution in [2.24, 2.45) is 0 Å². The van der Waals surface area contributed by atoms with Gasteiger partial charge in [0, 0.05) is 30.6 Å². The van der Waals surface area contributed by atoms with Crippen LogP contribution in [0.4, 0.5) is 5.69 Å². The molecular weight excluding hydrogens is 526 g/mol. The third-order valence-corrected chi connectivity index (χ3v) is 8.03. The average Bonchev–Trinajstić information content (AvgIpc) is 3.22. The van der Waals surface area contributed by atoms with Crippen molar-refractivity contribution in [3.05, 3.63) is 52.5 Å². The van der Waals surface area contributed by atoms with Gasteiger partial charge in [0.1, 0.15) is 11.4 Å². The molecule has 1 fully saturated rings. The predicted octanol–water partition coefficient (Wildman–Crippen LogP) is 6.50. The number of aromatic hydroxyl groups is 1. The Morgan fingerprint density at radius 2 is 1.75 bits per heavy atom. The van der Waals surface area contributed by atoms with Crippen molar-refractivity contribution in [2.45, 2.75) is 90.5 Å². The van der Waals surface area contributed by atoms with Crippen LogP contribution in [0, 0.1) is 0 Å². The molecule has 0 aromatic heterocycles. The maximum absolute atomic E-state index is 13.3. The molecule has 0 saturated heterocycles. The van der Waals surface area contributed by atoms with Crippen LogP contribution in [0.1, 0.15) is 82.8 Å². The topological polar surface area (TPSA) is 90.9 Å². The Balaban J connectivity index is 0.00000441. The Morgan fingerprint density at radius 3 is 2.50 bits per heavy atom. The summed E-state index contributed by atoms with van der Waals surface area (Å²) in [5.41, 5.74) is 2.60. The van der Waals surface area contributed by atoms with E-state index in [0.29, 0.717) is 30.4 Å². The number of aryl methyl sites for hydroxylation is 1. The Hall–Kier alpha value is -2.77. The van der Waals surface area contributed by atoms with Crippen molar-refractivity contribution in [3.8, 4) is 11.5 Å². The summed E-state index contributed by atoms with van der Waals surface area (Å²) >= 11 is 5.97. The van der Waals surface area contributed by atoms with Crippen molar-refractivity contribution >= 4 is 29.1 Å². The fourth-order valence-electron chi connectivity index (χ4n) is 5.61. The predicted molar refractivity (Wildman–Crippen MR) is 162 cm³/mol. The number of benzene rings is 2. The Labute approximate surface area is 244 Å². The van der Waals surface area contributed by atoms with Gasteiger partial charge in [-0.1, -0.05) is 69.3 Å². The van der Waals surface area contributed by atoms with Gasteiger partial charge in [-0.3, -0.25) is 9.59 Å². The molecule has 1 heterocycles. The van der Waals surface area contributed by atoms with E-state index in [9.17, 15) is 14.7 Å². The summed E-state index contributed by atoms with van der Waals surface area (Å²) < 4.78 is 5.61. The van der Waals surface area contributed by atoms with Gasteiger partial charge in [-0.05, 0) is 74.4 Å². The van der Waals surface area contributed by atoms with Gasteiger partial charge < -0.3 is 25.4 Å². The first-order valence-corrected chi connectivity index (χ1v) is 14.9. The number of hydrogen-bond donors (Lipinski definition) is 3. The molecule has 1 saturated carbocycles. The molecule has 0 atom stereocenters. The lowest BCUT2D eigenvalue weighted by molar-refractivity contribution is -0.133. The normalized spacial score (nSPS) is 15.3. The fourth-order valence-corrected chi connectivity index (χ4v) is 5.74. The van der Waals surface area contributed by atoms with Crippen molar-refractivity contribution in [2.75, 3.05) is 31.6 Å². The standard InChI is InChI=1S/C31H42ClN3O4.CH4/c32-25-14-11-23(12-15-25)17-19-33-20-18-29(38)35(26-9-5-1-2-6-10-26)21-7-3-4-8-24-13-16-27(36)30-31(24)39-22-28(37)34-30;/h11-16,26,33,36H,1-10,17-22H2,(H,34,37);1H4. The summed E-state index contributed by atoms with van der Waals surface area (Å²) in [4.78, 5) is 27.1. The van der Waals surface area contributed by atoms with Crippen molar-refractivity contribution < 1.29 is 19.4 Å². The minimum absolute atomic E-state index is 0. The summed E-state index contributed by atoms with van der Waals surface area (Å²) in [6.45, 7) is 2.30. The summed E-state index contributed by atoms with van der Waals surface area (Å²) in [5, 5.41) is 17.0. The lowest BCUT2D eigenvalue weighted by atomic mass is 10.0. The lowest BCUT2D eigenvalue weighted by Crippen LogP contribution is -2.42. The number of phenols is 1. The van der Waals surface area contributed by atoms with E-state index < -0.39 is 0 Å². The molecule has 220 valence electrons. The second-order valence-corrected chi connectivity index (χ2v) is 11.1. The van der Waals surface area contributed by atoms with E-state index in [-0.39, 0.29) is 31.6 Å². The number of anilines is 1. The van der Waals surface area contributed by atoms with Crippen LogP contribution in [-0.4, -0.2) is 54.1 Å². The average molecular weight is 572 g/mol. The molecule has 0 bridgehead atoms. The number of carbonyl (C=O) groups excluding carboxylic acids is 2. The van der Waals surface area contributed by atoms with Crippen LogP contribution < -0.4 is 15.4 Å². The SMILES string of the molecule is C.O=C1COc2c(CCCCCN(C(=O)CCNCCc3ccc(Cl)cc3)C3CCCCCC3)ccc(O)c2N1. The highest BCUT2D eigenvalue weighted by molar-refractivity contribution is 6.30. The molecule has 3 N–H and O–H groups in total. The zero-order valence-electron chi connectivity index (χ0n) is 22.9. The van der Waals surface area contributed by atoms with Gasteiger partial charge in [-0.2, -0.15) is 0 Å². The number of nitrogens with one attached hydrogen (secondary N) is 2. The zero-order valence-corrected chi connectivity index (χ0v) is 23.6. The molecule has 4 rings (SSSR count). The summed E-state index contributed by atoms with van der Waals surface area (Å²) in [7, 11) is 0. The smallest absolute Gasteiger partial charge is 0.262 e. The Kier molecular flexibility index (Phi) is 13.1. The molecule has 2 amide bonds. The van der Waals surface area contributed by atoms with E-state index in [2.05, 4.69) is 15.5 Å². The number of amides is 2. The number of carbonyl (C=O) groups is 2. The van der Waals surface area contributed by atoms with Crippen LogP contribution in [0.25, 0.3) is 0 Å². The number of unbranched alkanes of at least 4 members (excludes halogenated alkanes) is 2. The second kappa shape index (κ2) is 16.5. The van der Waals surface area contributed by atoms with E-state index in [1.807, 2.05) is 30.3 Å². The van der Waals surface area contributed by atoms with Gasteiger partial charge in [0.25, 0.3) is 5.91 Å². The molecule has 40 heavy (non-hydrogen) atoms. The van der Waals surface area contributed by atoms with Crippen LogP contribution in [0.5, 0.6) is 11.5 Å². The number of halogens is 1. The summed E-state index contributed by atoms with van der Waals surface area (Å²) in [5.74, 6) is 0.611. The van der Waals surface area contributed by atoms with Gasteiger partial charge >= 0.3 is 0 Å². The quantitative estimate of drug-likeness (QED) is 0.145. The largest absolute Gasteiger partial charge is 0.506 e. The number of nitrogens with zero attached hydrogens (tertiary/aromatic N) is 1. The minimum Gasteiger partial charge on any atom is -0.506 e. The molecule has 8 heteroatoms. The number of ether oxygens (including phenoxy) is 1. The highest BCUT2D eigenvalue weighted by Gasteiger charge is 2.25. The van der Waals surface area contributed by atoms with E-state index in [1.165, 1.54) is 31.2 Å². The van der Waals surface area contributed by atoms with Crippen LogP contribution in [0.2, 0.25) is 5.02 Å². The molecule has 1 aliphatic carbocycles. The van der Waals surface area contributed by atoms with Crippen molar-refractivity contribution in [1.29, 1.82) is 0 Å². The molecule has 7 nitrogen and oxygen atoms in total. The van der Waals surface area contributed by atoms with Crippen LogP contribution in [-0.2, 0) is 22.4 Å². The first-order chi connectivity index (χ1) is 19.0. The van der Waals surface area contributed by atoms with E-state index in [4.69, 9.17) is 16.3 Å². The number of rotatable bonds is 13. The third-order valence-electron chi connectivity index (χ3n) is 7.78. The molecule has 1 aliphatic heterocycles. The summed E-state index contributed by atoms with van der Waals surface area (Å²) in [6, 6.07) is 11.8. The van der Waals surface area contributed by atoms with Gasteiger partial charge in [-0.25, -0.2) is 0 Å². The molecule has 2 aromatic carbocycles. The monoisotopic (exact) mass is 571 g/mol. The highest BCUT2D eigenvalue weighted by Crippen LogP contribution is 2.39. The molecular formula is C32H46ClN3O4. The minimum atomic E-state index is -0.255. The second-order valence-electron chi connectivity index (χ2n) is 10.7. The first-order valence-electron chi connectivity index (χ1n) is 14.5.